The number of nitrogens with zero attached hydrogens (tertiary/aromatic N) is 5. The normalized spacial score (nSPS) is 21.3. The van der Waals surface area contributed by atoms with E-state index in [0.29, 0.717) is 43.5 Å². The number of aryl methyl sites for hydroxylation is 1. The van der Waals surface area contributed by atoms with Crippen molar-refractivity contribution in [3.63, 3.8) is 0 Å². The summed E-state index contributed by atoms with van der Waals surface area (Å²) in [4.78, 5) is 37.9. The highest BCUT2D eigenvalue weighted by Crippen LogP contribution is 2.35. The minimum atomic E-state index is -0.0234. The Labute approximate surface area is 158 Å². The molecule has 0 aromatic carbocycles. The second-order valence-electron chi connectivity index (χ2n) is 7.96. The van der Waals surface area contributed by atoms with Crippen LogP contribution in [-0.4, -0.2) is 57.4 Å². The van der Waals surface area contributed by atoms with E-state index in [0.717, 1.165) is 17.7 Å². The molecule has 7 nitrogen and oxygen atoms in total. The van der Waals surface area contributed by atoms with Crippen LogP contribution in [0.5, 0.6) is 0 Å². The maximum atomic E-state index is 12.9. The summed E-state index contributed by atoms with van der Waals surface area (Å²) in [5, 5.41) is 0. The number of amides is 1. The van der Waals surface area contributed by atoms with Crippen molar-refractivity contribution >= 4 is 5.91 Å². The molecular formula is C20H25N5O2. The number of hydrogen-bond acceptors (Lipinski definition) is 5. The standard InChI is InChI=1S/C20H25N5O2/c1-13-21-7-17(8-22-13)19(26)24-9-14-6-16(12-24)18-5-4-15(11-23(2)3)20(27)25(18)10-14/h4-5,7-8,14,16H,6,9-12H2,1-3H3/t14-,16+/m0/s1. The molecule has 2 aromatic rings. The predicted octanol–water partition coefficient (Wildman–Crippen LogP) is 1.27. The molecule has 0 unspecified atom stereocenters. The van der Waals surface area contributed by atoms with Crippen LogP contribution in [0.2, 0.25) is 0 Å². The molecule has 7 heteroatoms. The molecular weight excluding hydrogens is 342 g/mol. The van der Waals surface area contributed by atoms with Gasteiger partial charge < -0.3 is 14.4 Å². The average molecular weight is 367 g/mol. The van der Waals surface area contributed by atoms with Gasteiger partial charge in [0.2, 0.25) is 0 Å². The minimum absolute atomic E-state index is 0.0234. The second-order valence-corrected chi connectivity index (χ2v) is 7.96. The van der Waals surface area contributed by atoms with E-state index in [-0.39, 0.29) is 17.4 Å². The first-order chi connectivity index (χ1) is 12.9. The molecule has 27 heavy (non-hydrogen) atoms. The Kier molecular flexibility index (Phi) is 4.55. The maximum Gasteiger partial charge on any atom is 0.257 e. The molecule has 0 spiro atoms. The highest BCUT2D eigenvalue weighted by Gasteiger charge is 2.37. The van der Waals surface area contributed by atoms with Gasteiger partial charge in [0.05, 0.1) is 5.56 Å². The Morgan fingerprint density at radius 2 is 1.93 bits per heavy atom. The van der Waals surface area contributed by atoms with Crippen molar-refractivity contribution in [1.82, 2.24) is 24.3 Å². The first-order valence-electron chi connectivity index (χ1n) is 9.37. The quantitative estimate of drug-likeness (QED) is 0.817. The molecule has 142 valence electrons. The van der Waals surface area contributed by atoms with Gasteiger partial charge in [-0.25, -0.2) is 9.97 Å². The van der Waals surface area contributed by atoms with E-state index in [9.17, 15) is 9.59 Å². The largest absolute Gasteiger partial charge is 0.338 e. The van der Waals surface area contributed by atoms with Crippen LogP contribution >= 0.6 is 0 Å². The van der Waals surface area contributed by atoms with E-state index < -0.39 is 0 Å². The first kappa shape index (κ1) is 17.9. The summed E-state index contributed by atoms with van der Waals surface area (Å²) >= 11 is 0. The third-order valence-electron chi connectivity index (χ3n) is 5.48. The van der Waals surface area contributed by atoms with Gasteiger partial charge in [0, 0.05) is 55.7 Å². The zero-order chi connectivity index (χ0) is 19.1. The van der Waals surface area contributed by atoms with Gasteiger partial charge in [-0.05, 0) is 39.4 Å². The van der Waals surface area contributed by atoms with Crippen LogP contribution in [0.4, 0.5) is 0 Å². The Balaban J connectivity index is 1.60. The van der Waals surface area contributed by atoms with Crippen molar-refractivity contribution in [3.8, 4) is 0 Å². The highest BCUT2D eigenvalue weighted by atomic mass is 16.2. The van der Waals surface area contributed by atoms with E-state index in [1.807, 2.05) is 34.5 Å². The summed E-state index contributed by atoms with van der Waals surface area (Å²) in [6, 6.07) is 4.02. The molecule has 2 bridgehead atoms. The molecule has 0 radical (unpaired) electrons. The maximum absolute atomic E-state index is 12.9. The van der Waals surface area contributed by atoms with Crippen molar-refractivity contribution in [1.29, 1.82) is 0 Å². The molecule has 1 fully saturated rings. The van der Waals surface area contributed by atoms with Gasteiger partial charge in [0.1, 0.15) is 5.82 Å². The van der Waals surface area contributed by atoms with Crippen LogP contribution in [0, 0.1) is 12.8 Å². The lowest BCUT2D eigenvalue weighted by atomic mass is 9.82. The van der Waals surface area contributed by atoms with E-state index >= 15 is 0 Å². The number of rotatable bonds is 3. The molecule has 2 aliphatic rings. The van der Waals surface area contributed by atoms with Gasteiger partial charge in [0.25, 0.3) is 11.5 Å². The predicted molar refractivity (Wildman–Crippen MR) is 102 cm³/mol. The lowest BCUT2D eigenvalue weighted by Gasteiger charge is -2.43. The zero-order valence-electron chi connectivity index (χ0n) is 16.1. The van der Waals surface area contributed by atoms with E-state index in [4.69, 9.17) is 0 Å². The summed E-state index contributed by atoms with van der Waals surface area (Å²) in [6.07, 6.45) is 4.22. The molecule has 2 aliphatic heterocycles. The molecule has 4 rings (SSSR count). The van der Waals surface area contributed by atoms with Gasteiger partial charge in [-0.1, -0.05) is 6.07 Å². The van der Waals surface area contributed by atoms with Gasteiger partial charge >= 0.3 is 0 Å². The molecule has 0 saturated carbocycles. The van der Waals surface area contributed by atoms with Crippen LogP contribution in [0.15, 0.2) is 29.3 Å². The molecule has 2 atom stereocenters. The summed E-state index contributed by atoms with van der Waals surface area (Å²) < 4.78 is 1.94. The molecule has 2 aromatic heterocycles. The fraction of sp³-hybridized carbons (Fsp3) is 0.500. The zero-order valence-corrected chi connectivity index (χ0v) is 16.1. The molecule has 0 aliphatic carbocycles. The van der Waals surface area contributed by atoms with E-state index in [1.165, 1.54) is 0 Å². The van der Waals surface area contributed by atoms with Crippen LogP contribution < -0.4 is 5.56 Å². The number of hydrogen-bond donors (Lipinski definition) is 0. The average Bonchev–Trinajstić information content (AvgIpc) is 2.64. The van der Waals surface area contributed by atoms with Crippen molar-refractivity contribution < 1.29 is 4.79 Å². The summed E-state index contributed by atoms with van der Waals surface area (Å²) in [5.41, 5.74) is 2.52. The Hall–Kier alpha value is -2.54. The van der Waals surface area contributed by atoms with Gasteiger partial charge in [0.15, 0.2) is 0 Å². The summed E-state index contributed by atoms with van der Waals surface area (Å²) in [7, 11) is 3.94. The molecule has 0 N–H and O–H groups in total. The lowest BCUT2D eigenvalue weighted by molar-refractivity contribution is 0.0593. The van der Waals surface area contributed by atoms with Crippen molar-refractivity contribution in [2.24, 2.45) is 5.92 Å². The van der Waals surface area contributed by atoms with Crippen molar-refractivity contribution in [2.75, 3.05) is 27.2 Å². The molecule has 4 heterocycles. The van der Waals surface area contributed by atoms with Crippen LogP contribution in [-0.2, 0) is 13.1 Å². The first-order valence-corrected chi connectivity index (χ1v) is 9.37. The molecule has 1 amide bonds. The monoisotopic (exact) mass is 367 g/mol. The number of carbonyl (C=O) groups is 1. The van der Waals surface area contributed by atoms with Crippen molar-refractivity contribution in [3.05, 3.63) is 57.5 Å². The number of piperidine rings is 1. The Bertz CT molecular complexity index is 919. The van der Waals surface area contributed by atoms with Gasteiger partial charge in [-0.2, -0.15) is 0 Å². The van der Waals surface area contributed by atoms with Crippen molar-refractivity contribution in [2.45, 2.75) is 32.4 Å². The smallest absolute Gasteiger partial charge is 0.257 e. The SMILES string of the molecule is Cc1ncc(C(=O)N2C[C@@H]3C[C@H](C2)c2ccc(CN(C)C)c(=O)n2C3)cn1. The number of aromatic nitrogens is 3. The fourth-order valence-corrected chi connectivity index (χ4v) is 4.30. The lowest BCUT2D eigenvalue weighted by Crippen LogP contribution is -2.49. The second kappa shape index (κ2) is 6.88. The number of fused-ring (bicyclic) bond motifs is 4. The highest BCUT2D eigenvalue weighted by molar-refractivity contribution is 5.93. The Morgan fingerprint density at radius 3 is 2.63 bits per heavy atom. The van der Waals surface area contributed by atoms with Crippen LogP contribution in [0.25, 0.3) is 0 Å². The van der Waals surface area contributed by atoms with Crippen LogP contribution in [0.1, 0.15) is 39.8 Å². The summed E-state index contributed by atoms with van der Waals surface area (Å²) in [6.45, 7) is 4.44. The third kappa shape index (κ3) is 3.39. The fourth-order valence-electron chi connectivity index (χ4n) is 4.30. The minimum Gasteiger partial charge on any atom is -0.338 e. The van der Waals surface area contributed by atoms with Gasteiger partial charge in [-0.15, -0.1) is 0 Å². The number of carbonyl (C=O) groups excluding carboxylic acids is 1. The van der Waals surface area contributed by atoms with E-state index in [2.05, 4.69) is 16.0 Å². The number of likely N-dealkylation sites (tertiary alicyclic amines) is 1. The summed E-state index contributed by atoms with van der Waals surface area (Å²) in [5.74, 6) is 1.14. The van der Waals surface area contributed by atoms with Crippen LogP contribution in [0.3, 0.4) is 0 Å². The van der Waals surface area contributed by atoms with Gasteiger partial charge in [-0.3, -0.25) is 9.59 Å². The topological polar surface area (TPSA) is 71.3 Å². The van der Waals surface area contributed by atoms with E-state index in [1.54, 1.807) is 19.3 Å². The molecule has 1 saturated heterocycles. The Morgan fingerprint density at radius 1 is 1.19 bits per heavy atom. The number of pyridine rings is 1. The third-order valence-corrected chi connectivity index (χ3v) is 5.48.